The van der Waals surface area contributed by atoms with E-state index in [9.17, 15) is 33.9 Å². The van der Waals surface area contributed by atoms with Gasteiger partial charge in [-0.3, -0.25) is 14.4 Å². The predicted octanol–water partition coefficient (Wildman–Crippen LogP) is 4.84. The number of nitrogens with one attached hydrogen (secondary N) is 3. The number of benzene rings is 3. The van der Waals surface area contributed by atoms with Gasteiger partial charge in [-0.25, -0.2) is 14.4 Å². The first-order valence-corrected chi connectivity index (χ1v) is 19.4. The number of nitrogens with zero attached hydrogens (tertiary/aromatic N) is 1. The Morgan fingerprint density at radius 1 is 0.772 bits per heavy atom. The van der Waals surface area contributed by atoms with E-state index in [0.29, 0.717) is 49.2 Å². The Bertz CT molecular complexity index is 1800. The van der Waals surface area contributed by atoms with E-state index in [-0.39, 0.29) is 32.4 Å². The Kier molecular flexibility index (Phi) is 16.4. The Hall–Kier alpha value is -5.92. The highest BCUT2D eigenvalue weighted by Gasteiger charge is 2.39. The van der Waals surface area contributed by atoms with Crippen LogP contribution in [0, 0.1) is 0 Å². The number of carboxylic acids is 1. The SMILES string of the molecule is CCOc1ccc(C[C@H](NC(=O)[C@H](CCCCOC(=O)c2ccccc2)NC(=O)OC(C)(C)C)C(=O)N[C@@H](Cc2ccccc2)C(=O)N2CCC[C@@H]2C(=O)O)cc1. The van der Waals surface area contributed by atoms with Gasteiger partial charge in [0.2, 0.25) is 17.7 Å². The minimum atomic E-state index is -1.23. The number of esters is 1. The van der Waals surface area contributed by atoms with Crippen LogP contribution in [-0.4, -0.2) is 95.3 Å². The molecule has 0 aliphatic carbocycles. The molecule has 4 N–H and O–H groups in total. The van der Waals surface area contributed by atoms with Crippen molar-refractivity contribution >= 4 is 35.8 Å². The number of alkyl carbamates (subject to hydrolysis) is 1. The second kappa shape index (κ2) is 21.4. The molecule has 1 saturated heterocycles. The van der Waals surface area contributed by atoms with Gasteiger partial charge in [0.05, 0.1) is 18.8 Å². The van der Waals surface area contributed by atoms with E-state index in [1.54, 1.807) is 99.6 Å². The predicted molar refractivity (Wildman–Crippen MR) is 211 cm³/mol. The highest BCUT2D eigenvalue weighted by Crippen LogP contribution is 2.21. The average molecular weight is 787 g/mol. The van der Waals surface area contributed by atoms with Crippen LogP contribution < -0.4 is 20.7 Å². The summed E-state index contributed by atoms with van der Waals surface area (Å²) in [4.78, 5) is 81.0. The smallest absolute Gasteiger partial charge is 0.408 e. The maximum Gasteiger partial charge on any atom is 0.408 e. The third-order valence-corrected chi connectivity index (χ3v) is 9.16. The van der Waals surface area contributed by atoms with E-state index >= 15 is 0 Å². The number of hydrogen-bond donors (Lipinski definition) is 4. The van der Waals surface area contributed by atoms with Crippen LogP contribution in [0.4, 0.5) is 4.79 Å². The number of carboxylic acid groups (broad SMARTS) is 1. The molecule has 4 rings (SSSR count). The average Bonchev–Trinajstić information content (AvgIpc) is 3.68. The summed E-state index contributed by atoms with van der Waals surface area (Å²) >= 11 is 0. The van der Waals surface area contributed by atoms with Crippen LogP contribution in [0.2, 0.25) is 0 Å². The molecule has 57 heavy (non-hydrogen) atoms. The maximum atomic E-state index is 14.3. The van der Waals surface area contributed by atoms with Gasteiger partial charge in [0, 0.05) is 19.4 Å². The van der Waals surface area contributed by atoms with Crippen LogP contribution in [-0.2, 0) is 41.5 Å². The molecule has 1 heterocycles. The Labute approximate surface area is 333 Å². The fourth-order valence-corrected chi connectivity index (χ4v) is 6.41. The summed E-state index contributed by atoms with van der Waals surface area (Å²) in [5.41, 5.74) is 0.966. The number of rotatable bonds is 19. The van der Waals surface area contributed by atoms with E-state index in [0.717, 1.165) is 5.56 Å². The first-order valence-electron chi connectivity index (χ1n) is 19.4. The van der Waals surface area contributed by atoms with Crippen molar-refractivity contribution in [2.75, 3.05) is 19.8 Å². The molecule has 1 fully saturated rings. The van der Waals surface area contributed by atoms with E-state index in [1.165, 1.54) is 4.90 Å². The number of hydrogen-bond acceptors (Lipinski definition) is 9. The zero-order valence-electron chi connectivity index (χ0n) is 33.0. The first kappa shape index (κ1) is 43.8. The Balaban J connectivity index is 1.56. The third kappa shape index (κ3) is 14.3. The van der Waals surface area contributed by atoms with Crippen molar-refractivity contribution in [3.8, 4) is 5.75 Å². The lowest BCUT2D eigenvalue weighted by Crippen LogP contribution is -2.58. The summed E-state index contributed by atoms with van der Waals surface area (Å²) in [7, 11) is 0. The van der Waals surface area contributed by atoms with Gasteiger partial charge in [-0.15, -0.1) is 0 Å². The van der Waals surface area contributed by atoms with Crippen molar-refractivity contribution in [1.82, 2.24) is 20.9 Å². The number of carbonyl (C=O) groups excluding carboxylic acids is 5. The van der Waals surface area contributed by atoms with Crippen molar-refractivity contribution in [1.29, 1.82) is 0 Å². The lowest BCUT2D eigenvalue weighted by atomic mass is 10.0. The fraction of sp³-hybridized carbons (Fsp3) is 0.442. The molecular weight excluding hydrogens is 732 g/mol. The van der Waals surface area contributed by atoms with E-state index in [4.69, 9.17) is 14.2 Å². The zero-order valence-corrected chi connectivity index (χ0v) is 33.0. The van der Waals surface area contributed by atoms with Crippen molar-refractivity contribution in [2.24, 2.45) is 0 Å². The number of amides is 4. The Morgan fingerprint density at radius 2 is 1.37 bits per heavy atom. The molecule has 3 aromatic carbocycles. The molecule has 0 bridgehead atoms. The normalized spacial score (nSPS) is 15.4. The number of carbonyl (C=O) groups is 6. The molecule has 14 nitrogen and oxygen atoms in total. The van der Waals surface area contributed by atoms with Crippen molar-refractivity contribution in [3.05, 3.63) is 102 Å². The third-order valence-electron chi connectivity index (χ3n) is 9.16. The van der Waals surface area contributed by atoms with Crippen LogP contribution in [0.5, 0.6) is 5.75 Å². The fourth-order valence-electron chi connectivity index (χ4n) is 6.41. The van der Waals surface area contributed by atoms with Crippen molar-refractivity contribution in [3.63, 3.8) is 0 Å². The molecule has 306 valence electrons. The molecule has 14 heteroatoms. The highest BCUT2D eigenvalue weighted by molar-refractivity contribution is 5.95. The first-order chi connectivity index (χ1) is 27.2. The Morgan fingerprint density at radius 3 is 2.00 bits per heavy atom. The molecule has 4 atom stereocenters. The summed E-state index contributed by atoms with van der Waals surface area (Å²) in [6, 6.07) is 20.0. The standard InChI is InChI=1S/C43H54N4O10/c1-5-55-32-23-21-30(22-24-32)27-34(38(49)45-35(28-29-15-8-6-9-16-29)39(50)47-25-14-20-36(47)40(51)52)44-37(48)33(46-42(54)57-43(2,3)4)19-12-13-26-56-41(53)31-17-10-7-11-18-31/h6-11,15-18,21-24,33-36H,5,12-14,19-20,25-28H2,1-4H3,(H,44,48)(H,45,49)(H,46,54)(H,51,52)/t33-,34-,35-,36+/m0/s1. The quantitative estimate of drug-likeness (QED) is 0.0967. The number of likely N-dealkylation sites (tertiary alicyclic amines) is 1. The van der Waals surface area contributed by atoms with Gasteiger partial charge in [-0.05, 0) is 95.2 Å². The van der Waals surface area contributed by atoms with Crippen molar-refractivity contribution in [2.45, 2.75) is 102 Å². The lowest BCUT2D eigenvalue weighted by Gasteiger charge is -2.29. The van der Waals surface area contributed by atoms with Gasteiger partial charge < -0.3 is 40.2 Å². The van der Waals surface area contributed by atoms with Crippen LogP contribution >= 0.6 is 0 Å². The number of unbranched alkanes of at least 4 members (excludes halogenated alkanes) is 1. The van der Waals surface area contributed by atoms with Crippen LogP contribution in [0.1, 0.15) is 81.3 Å². The van der Waals surface area contributed by atoms with Crippen LogP contribution in [0.3, 0.4) is 0 Å². The van der Waals surface area contributed by atoms with E-state index in [1.807, 2.05) is 13.0 Å². The molecule has 1 aliphatic rings. The highest BCUT2D eigenvalue weighted by atomic mass is 16.6. The molecular formula is C43H54N4O10. The van der Waals surface area contributed by atoms with Crippen LogP contribution in [0.15, 0.2) is 84.9 Å². The topological polar surface area (TPSA) is 190 Å². The molecule has 3 aromatic rings. The maximum absolute atomic E-state index is 14.3. The zero-order chi connectivity index (χ0) is 41.4. The summed E-state index contributed by atoms with van der Waals surface area (Å²) < 4.78 is 16.4. The summed E-state index contributed by atoms with van der Waals surface area (Å²) in [6.07, 6.45) is 0.912. The largest absolute Gasteiger partial charge is 0.494 e. The van der Waals surface area contributed by atoms with Gasteiger partial charge >= 0.3 is 18.0 Å². The second-order valence-corrected chi connectivity index (χ2v) is 14.8. The van der Waals surface area contributed by atoms with E-state index < -0.39 is 65.5 Å². The van der Waals surface area contributed by atoms with Gasteiger partial charge in [0.15, 0.2) is 0 Å². The van der Waals surface area contributed by atoms with E-state index in [2.05, 4.69) is 16.0 Å². The molecule has 4 amide bonds. The molecule has 0 radical (unpaired) electrons. The molecule has 1 aliphatic heterocycles. The van der Waals surface area contributed by atoms with Gasteiger partial charge in [0.1, 0.15) is 35.5 Å². The second-order valence-electron chi connectivity index (χ2n) is 14.8. The number of aliphatic carboxylic acids is 1. The summed E-state index contributed by atoms with van der Waals surface area (Å²) in [6.45, 7) is 7.69. The molecule has 0 aromatic heterocycles. The minimum absolute atomic E-state index is 0.00624. The van der Waals surface area contributed by atoms with Gasteiger partial charge in [-0.1, -0.05) is 60.7 Å². The monoisotopic (exact) mass is 786 g/mol. The number of ether oxygens (including phenoxy) is 3. The van der Waals surface area contributed by atoms with Crippen molar-refractivity contribution < 1.29 is 48.1 Å². The van der Waals surface area contributed by atoms with Crippen LogP contribution in [0.25, 0.3) is 0 Å². The molecule has 0 saturated carbocycles. The lowest BCUT2D eigenvalue weighted by molar-refractivity contribution is -0.149. The minimum Gasteiger partial charge on any atom is -0.494 e. The van der Waals surface area contributed by atoms with Gasteiger partial charge in [-0.2, -0.15) is 0 Å². The molecule has 0 spiro atoms. The van der Waals surface area contributed by atoms with Gasteiger partial charge in [0.25, 0.3) is 0 Å². The molecule has 0 unspecified atom stereocenters. The summed E-state index contributed by atoms with van der Waals surface area (Å²) in [5, 5.41) is 18.1. The summed E-state index contributed by atoms with van der Waals surface area (Å²) in [5.74, 6) is -2.88.